The van der Waals surface area contributed by atoms with E-state index in [1.807, 2.05) is 6.07 Å². The Hall–Kier alpha value is -1.30. The van der Waals surface area contributed by atoms with E-state index in [0.717, 1.165) is 6.42 Å². The van der Waals surface area contributed by atoms with Gasteiger partial charge < -0.3 is 0 Å². The van der Waals surface area contributed by atoms with Crippen LogP contribution in [0, 0.1) is 0 Å². The minimum Gasteiger partial charge on any atom is -0.0848 e. The molecular formula is C13H16. The second-order valence-corrected chi connectivity index (χ2v) is 3.05. The van der Waals surface area contributed by atoms with E-state index in [9.17, 15) is 0 Å². The van der Waals surface area contributed by atoms with Gasteiger partial charge in [-0.2, -0.15) is 0 Å². The van der Waals surface area contributed by atoms with E-state index in [4.69, 9.17) is 0 Å². The summed E-state index contributed by atoms with van der Waals surface area (Å²) in [4.78, 5) is 0. The molecule has 68 valence electrons. The molecule has 0 saturated heterocycles. The first-order valence-electron chi connectivity index (χ1n) is 4.73. The molecule has 0 aromatic heterocycles. The van der Waals surface area contributed by atoms with Crippen LogP contribution in [0.4, 0.5) is 0 Å². The second kappa shape index (κ2) is 5.36. The fourth-order valence-corrected chi connectivity index (χ4v) is 1.15. The predicted octanol–water partition coefficient (Wildman–Crippen LogP) is 4.06. The summed E-state index contributed by atoms with van der Waals surface area (Å²) >= 11 is 0. The Morgan fingerprint density at radius 2 is 1.92 bits per heavy atom. The molecule has 0 nitrogen and oxygen atoms in total. The summed E-state index contributed by atoms with van der Waals surface area (Å²) in [6.45, 7) is 4.28. The van der Waals surface area contributed by atoms with E-state index < -0.39 is 0 Å². The molecule has 0 heteroatoms. The van der Waals surface area contributed by atoms with Crippen molar-refractivity contribution in [3.63, 3.8) is 0 Å². The molecule has 0 spiro atoms. The van der Waals surface area contributed by atoms with E-state index in [1.165, 1.54) is 11.1 Å². The van der Waals surface area contributed by atoms with E-state index in [1.54, 1.807) is 0 Å². The maximum absolute atomic E-state index is 2.16. The third-order valence-corrected chi connectivity index (χ3v) is 1.95. The first-order chi connectivity index (χ1) is 6.34. The van der Waals surface area contributed by atoms with Crippen molar-refractivity contribution in [1.82, 2.24) is 0 Å². The Bertz CT molecular complexity index is 291. The third-order valence-electron chi connectivity index (χ3n) is 1.95. The van der Waals surface area contributed by atoms with Crippen molar-refractivity contribution in [3.05, 3.63) is 54.1 Å². The molecular weight excluding hydrogens is 156 g/mol. The van der Waals surface area contributed by atoms with Gasteiger partial charge in [-0.3, -0.25) is 0 Å². The van der Waals surface area contributed by atoms with Crippen LogP contribution >= 0.6 is 0 Å². The summed E-state index contributed by atoms with van der Waals surface area (Å²) in [5.74, 6) is 0. The largest absolute Gasteiger partial charge is 0.0848 e. The van der Waals surface area contributed by atoms with Gasteiger partial charge in [0.25, 0.3) is 0 Å². The number of hydrogen-bond donors (Lipinski definition) is 0. The van der Waals surface area contributed by atoms with Gasteiger partial charge in [0.05, 0.1) is 0 Å². The zero-order valence-corrected chi connectivity index (χ0v) is 8.33. The molecule has 0 radical (unpaired) electrons. The summed E-state index contributed by atoms with van der Waals surface area (Å²) < 4.78 is 0. The van der Waals surface area contributed by atoms with Gasteiger partial charge in [-0.1, -0.05) is 55.5 Å². The van der Waals surface area contributed by atoms with Crippen molar-refractivity contribution in [3.8, 4) is 0 Å². The van der Waals surface area contributed by atoms with Crippen molar-refractivity contribution >= 4 is 5.57 Å². The van der Waals surface area contributed by atoms with Crippen molar-refractivity contribution in [1.29, 1.82) is 0 Å². The lowest BCUT2D eigenvalue weighted by molar-refractivity contribution is 1.22. The van der Waals surface area contributed by atoms with Crippen LogP contribution in [0.3, 0.4) is 0 Å². The number of rotatable bonds is 3. The van der Waals surface area contributed by atoms with Crippen molar-refractivity contribution in [2.24, 2.45) is 0 Å². The molecule has 1 rings (SSSR count). The van der Waals surface area contributed by atoms with Gasteiger partial charge in [0, 0.05) is 0 Å². The predicted molar refractivity (Wildman–Crippen MR) is 59.5 cm³/mol. The van der Waals surface area contributed by atoms with E-state index >= 15 is 0 Å². The SMILES string of the molecule is CC/C=C\C=C(/C)c1ccccc1. The molecule has 0 amide bonds. The highest BCUT2D eigenvalue weighted by atomic mass is 14.0. The first-order valence-corrected chi connectivity index (χ1v) is 4.73. The van der Waals surface area contributed by atoms with Gasteiger partial charge in [0.15, 0.2) is 0 Å². The van der Waals surface area contributed by atoms with Crippen LogP contribution in [0.25, 0.3) is 5.57 Å². The summed E-state index contributed by atoms with van der Waals surface area (Å²) in [6.07, 6.45) is 7.52. The van der Waals surface area contributed by atoms with Gasteiger partial charge in [-0.05, 0) is 24.5 Å². The maximum Gasteiger partial charge on any atom is -0.0227 e. The fraction of sp³-hybridized carbons (Fsp3) is 0.231. The second-order valence-electron chi connectivity index (χ2n) is 3.05. The molecule has 0 atom stereocenters. The van der Waals surface area contributed by atoms with Crippen LogP contribution in [-0.4, -0.2) is 0 Å². The third kappa shape index (κ3) is 3.29. The summed E-state index contributed by atoms with van der Waals surface area (Å²) in [6, 6.07) is 10.4. The molecule has 1 aromatic carbocycles. The molecule has 0 bridgehead atoms. The number of allylic oxidation sites excluding steroid dienone is 4. The van der Waals surface area contributed by atoms with Crippen molar-refractivity contribution in [2.45, 2.75) is 20.3 Å². The Kier molecular flexibility index (Phi) is 4.04. The molecule has 0 unspecified atom stereocenters. The summed E-state index contributed by atoms with van der Waals surface area (Å²) in [7, 11) is 0. The molecule has 0 N–H and O–H groups in total. The summed E-state index contributed by atoms with van der Waals surface area (Å²) in [5, 5.41) is 0. The van der Waals surface area contributed by atoms with Gasteiger partial charge >= 0.3 is 0 Å². The average Bonchev–Trinajstić information content (AvgIpc) is 2.19. The van der Waals surface area contributed by atoms with Crippen LogP contribution in [-0.2, 0) is 0 Å². The quantitative estimate of drug-likeness (QED) is 0.603. The maximum atomic E-state index is 2.16. The normalized spacial score (nSPS) is 12.3. The summed E-state index contributed by atoms with van der Waals surface area (Å²) in [5.41, 5.74) is 2.61. The Labute approximate surface area is 80.6 Å². The molecule has 0 aliphatic heterocycles. The lowest BCUT2D eigenvalue weighted by Gasteiger charge is -1.98. The minimum atomic E-state index is 1.10. The van der Waals surface area contributed by atoms with Crippen LogP contribution in [0.15, 0.2) is 48.6 Å². The Balaban J connectivity index is 2.73. The van der Waals surface area contributed by atoms with Gasteiger partial charge in [0.1, 0.15) is 0 Å². The molecule has 0 aliphatic carbocycles. The molecule has 0 saturated carbocycles. The van der Waals surface area contributed by atoms with Crippen molar-refractivity contribution in [2.75, 3.05) is 0 Å². The van der Waals surface area contributed by atoms with Crippen LogP contribution in [0.5, 0.6) is 0 Å². The Morgan fingerprint density at radius 3 is 2.54 bits per heavy atom. The highest BCUT2D eigenvalue weighted by molar-refractivity contribution is 5.64. The van der Waals surface area contributed by atoms with E-state index in [0.29, 0.717) is 0 Å². The van der Waals surface area contributed by atoms with Gasteiger partial charge in [-0.25, -0.2) is 0 Å². The van der Waals surface area contributed by atoms with Gasteiger partial charge in [0.2, 0.25) is 0 Å². The van der Waals surface area contributed by atoms with Crippen LogP contribution in [0.1, 0.15) is 25.8 Å². The molecule has 13 heavy (non-hydrogen) atoms. The fourth-order valence-electron chi connectivity index (χ4n) is 1.15. The highest BCUT2D eigenvalue weighted by Gasteiger charge is 1.89. The van der Waals surface area contributed by atoms with E-state index in [2.05, 4.69) is 56.3 Å². The lowest BCUT2D eigenvalue weighted by Crippen LogP contribution is -1.76. The lowest BCUT2D eigenvalue weighted by atomic mass is 10.1. The minimum absolute atomic E-state index is 1.10. The molecule has 0 aliphatic rings. The highest BCUT2D eigenvalue weighted by Crippen LogP contribution is 2.12. The smallest absolute Gasteiger partial charge is 0.0227 e. The zero-order chi connectivity index (χ0) is 9.52. The number of benzene rings is 1. The van der Waals surface area contributed by atoms with Crippen molar-refractivity contribution < 1.29 is 0 Å². The molecule has 1 aromatic rings. The number of hydrogen-bond acceptors (Lipinski definition) is 0. The van der Waals surface area contributed by atoms with E-state index in [-0.39, 0.29) is 0 Å². The molecule has 0 heterocycles. The molecule has 0 fully saturated rings. The topological polar surface area (TPSA) is 0 Å². The average molecular weight is 172 g/mol. The van der Waals surface area contributed by atoms with Crippen LogP contribution < -0.4 is 0 Å². The zero-order valence-electron chi connectivity index (χ0n) is 8.33. The van der Waals surface area contributed by atoms with Crippen LogP contribution in [0.2, 0.25) is 0 Å². The monoisotopic (exact) mass is 172 g/mol. The van der Waals surface area contributed by atoms with Gasteiger partial charge in [-0.15, -0.1) is 0 Å². The first kappa shape index (κ1) is 9.79. The Morgan fingerprint density at radius 1 is 1.23 bits per heavy atom. The standard InChI is InChI=1S/C13H16/c1-3-4-6-9-12(2)13-10-7-5-8-11-13/h4-11H,3H2,1-2H3/b6-4-,12-9+.